The van der Waals surface area contributed by atoms with Gasteiger partial charge in [-0.3, -0.25) is 0 Å². The quantitative estimate of drug-likeness (QED) is 0.815. The summed E-state index contributed by atoms with van der Waals surface area (Å²) >= 11 is 0. The standard InChI is InChI=1S/C13H26N2.C2H6/c1-11(2)10-15-6-4-13(5-7-15)8-12(9-13)14-3;1-2/h11-12,14H,4-10H2,1-3H3;1-2H3. The maximum atomic E-state index is 3.40. The maximum absolute atomic E-state index is 3.40. The molecule has 0 radical (unpaired) electrons. The van der Waals surface area contributed by atoms with Crippen LogP contribution in [0.4, 0.5) is 0 Å². The molecule has 2 heteroatoms. The number of hydrogen-bond acceptors (Lipinski definition) is 2. The Bertz CT molecular complexity index is 197. The van der Waals surface area contributed by atoms with Crippen LogP contribution < -0.4 is 5.32 Å². The minimum absolute atomic E-state index is 0.737. The second kappa shape index (κ2) is 6.75. The van der Waals surface area contributed by atoms with Crippen molar-refractivity contribution in [2.75, 3.05) is 26.7 Å². The second-order valence-corrected chi connectivity index (χ2v) is 6.09. The molecule has 2 rings (SSSR count). The highest BCUT2D eigenvalue weighted by Gasteiger charge is 2.44. The monoisotopic (exact) mass is 240 g/mol. The molecule has 1 saturated heterocycles. The molecule has 1 aliphatic heterocycles. The van der Waals surface area contributed by atoms with Gasteiger partial charge in [0.2, 0.25) is 0 Å². The third-order valence-electron chi connectivity index (χ3n) is 4.31. The average Bonchev–Trinajstić information content (AvgIpc) is 2.29. The number of rotatable bonds is 3. The summed E-state index contributed by atoms with van der Waals surface area (Å²) in [6.07, 6.45) is 5.74. The molecule has 0 bridgehead atoms. The molecule has 17 heavy (non-hydrogen) atoms. The van der Waals surface area contributed by atoms with Gasteiger partial charge in [-0.1, -0.05) is 27.7 Å². The minimum Gasteiger partial charge on any atom is -0.317 e. The third kappa shape index (κ3) is 3.96. The molecule has 1 aliphatic carbocycles. The van der Waals surface area contributed by atoms with Crippen LogP contribution in [0.3, 0.4) is 0 Å². The number of piperidine rings is 1. The van der Waals surface area contributed by atoms with E-state index in [0.717, 1.165) is 17.4 Å². The molecule has 2 aliphatic rings. The van der Waals surface area contributed by atoms with Crippen LogP contribution in [0.2, 0.25) is 0 Å². The smallest absolute Gasteiger partial charge is 0.00746 e. The molecule has 1 N–H and O–H groups in total. The van der Waals surface area contributed by atoms with Gasteiger partial charge in [-0.05, 0) is 57.2 Å². The highest BCUT2D eigenvalue weighted by atomic mass is 15.1. The number of nitrogens with zero attached hydrogens (tertiary/aromatic N) is 1. The lowest BCUT2D eigenvalue weighted by Gasteiger charge is -2.52. The van der Waals surface area contributed by atoms with Gasteiger partial charge in [0.1, 0.15) is 0 Å². The van der Waals surface area contributed by atoms with Gasteiger partial charge in [0, 0.05) is 12.6 Å². The van der Waals surface area contributed by atoms with E-state index in [2.05, 4.69) is 31.1 Å². The van der Waals surface area contributed by atoms with E-state index in [-0.39, 0.29) is 0 Å². The van der Waals surface area contributed by atoms with E-state index >= 15 is 0 Å². The highest BCUT2D eigenvalue weighted by Crippen LogP contribution is 2.48. The molecule has 0 unspecified atom stereocenters. The first-order valence-corrected chi connectivity index (χ1v) is 7.53. The van der Waals surface area contributed by atoms with Gasteiger partial charge in [0.15, 0.2) is 0 Å². The Morgan fingerprint density at radius 1 is 1.18 bits per heavy atom. The maximum Gasteiger partial charge on any atom is 0.00746 e. The second-order valence-electron chi connectivity index (χ2n) is 6.09. The Kier molecular flexibility index (Phi) is 5.94. The first-order valence-electron chi connectivity index (χ1n) is 7.53. The van der Waals surface area contributed by atoms with Crippen molar-refractivity contribution in [2.45, 2.75) is 59.4 Å². The summed E-state index contributed by atoms with van der Waals surface area (Å²) < 4.78 is 0. The van der Waals surface area contributed by atoms with Crippen molar-refractivity contribution in [3.05, 3.63) is 0 Å². The first kappa shape index (κ1) is 15.0. The molecule has 0 aromatic rings. The van der Waals surface area contributed by atoms with Crippen LogP contribution in [0.25, 0.3) is 0 Å². The van der Waals surface area contributed by atoms with Crippen LogP contribution in [0, 0.1) is 11.3 Å². The third-order valence-corrected chi connectivity index (χ3v) is 4.31. The van der Waals surface area contributed by atoms with Gasteiger partial charge >= 0.3 is 0 Å². The molecule has 1 heterocycles. The van der Waals surface area contributed by atoms with E-state index in [1.807, 2.05) is 13.8 Å². The van der Waals surface area contributed by atoms with Crippen LogP contribution in [0.5, 0.6) is 0 Å². The summed E-state index contributed by atoms with van der Waals surface area (Å²) in [5.74, 6) is 0.825. The number of hydrogen-bond donors (Lipinski definition) is 1. The van der Waals surface area contributed by atoms with Crippen LogP contribution in [-0.2, 0) is 0 Å². The molecule has 2 fully saturated rings. The van der Waals surface area contributed by atoms with Gasteiger partial charge in [-0.15, -0.1) is 0 Å². The Morgan fingerprint density at radius 2 is 1.71 bits per heavy atom. The zero-order valence-corrected chi connectivity index (χ0v) is 12.6. The number of nitrogens with one attached hydrogen (secondary N) is 1. The largest absolute Gasteiger partial charge is 0.317 e. The summed E-state index contributed by atoms with van der Waals surface area (Å²) in [6, 6.07) is 0.821. The zero-order valence-electron chi connectivity index (χ0n) is 12.6. The molecule has 0 amide bonds. The van der Waals surface area contributed by atoms with Gasteiger partial charge in [-0.2, -0.15) is 0 Å². The van der Waals surface area contributed by atoms with E-state index < -0.39 is 0 Å². The van der Waals surface area contributed by atoms with E-state index in [0.29, 0.717) is 0 Å². The molecule has 0 aromatic carbocycles. The van der Waals surface area contributed by atoms with E-state index in [4.69, 9.17) is 0 Å². The molecule has 102 valence electrons. The Hall–Kier alpha value is -0.0800. The van der Waals surface area contributed by atoms with Crippen LogP contribution in [0.15, 0.2) is 0 Å². The lowest BCUT2D eigenvalue weighted by Crippen LogP contribution is -2.53. The molecule has 0 atom stereocenters. The van der Waals surface area contributed by atoms with E-state index in [9.17, 15) is 0 Å². The average molecular weight is 240 g/mol. The summed E-state index contributed by atoms with van der Waals surface area (Å²) in [5, 5.41) is 3.40. The highest BCUT2D eigenvalue weighted by molar-refractivity contribution is 4.99. The van der Waals surface area contributed by atoms with Crippen LogP contribution >= 0.6 is 0 Å². The van der Waals surface area contributed by atoms with Crippen molar-refractivity contribution in [2.24, 2.45) is 11.3 Å². The minimum atomic E-state index is 0.737. The van der Waals surface area contributed by atoms with Crippen molar-refractivity contribution in [3.8, 4) is 0 Å². The molecular formula is C15H32N2. The zero-order chi connectivity index (χ0) is 12.9. The molecule has 2 nitrogen and oxygen atoms in total. The van der Waals surface area contributed by atoms with Gasteiger partial charge in [0.25, 0.3) is 0 Å². The van der Waals surface area contributed by atoms with Crippen LogP contribution in [0.1, 0.15) is 53.4 Å². The lowest BCUT2D eigenvalue weighted by atomic mass is 9.60. The summed E-state index contributed by atoms with van der Waals surface area (Å²) in [4.78, 5) is 2.66. The predicted octanol–water partition coefficient (Wildman–Crippen LogP) is 3.13. The first-order chi connectivity index (χ1) is 8.13. The molecule has 0 aromatic heterocycles. The summed E-state index contributed by atoms with van der Waals surface area (Å²) in [7, 11) is 2.10. The topological polar surface area (TPSA) is 15.3 Å². The lowest BCUT2D eigenvalue weighted by molar-refractivity contribution is 0.00554. The normalized spacial score (nSPS) is 24.4. The van der Waals surface area contributed by atoms with E-state index in [1.165, 1.54) is 45.3 Å². The van der Waals surface area contributed by atoms with E-state index in [1.54, 1.807) is 0 Å². The molecule has 1 spiro atoms. The fraction of sp³-hybridized carbons (Fsp3) is 1.00. The molecular weight excluding hydrogens is 208 g/mol. The summed E-state index contributed by atoms with van der Waals surface area (Å²) in [6.45, 7) is 12.6. The van der Waals surface area contributed by atoms with Crippen molar-refractivity contribution < 1.29 is 0 Å². The van der Waals surface area contributed by atoms with Gasteiger partial charge < -0.3 is 10.2 Å². The van der Waals surface area contributed by atoms with Crippen molar-refractivity contribution in [1.29, 1.82) is 0 Å². The van der Waals surface area contributed by atoms with Crippen molar-refractivity contribution >= 4 is 0 Å². The number of likely N-dealkylation sites (tertiary alicyclic amines) is 1. The Labute approximate surface area is 108 Å². The Morgan fingerprint density at radius 3 is 2.12 bits per heavy atom. The summed E-state index contributed by atoms with van der Waals surface area (Å²) in [5.41, 5.74) is 0.737. The predicted molar refractivity (Wildman–Crippen MR) is 76.4 cm³/mol. The van der Waals surface area contributed by atoms with Crippen molar-refractivity contribution in [1.82, 2.24) is 10.2 Å². The fourth-order valence-electron chi connectivity index (χ4n) is 3.32. The SMILES string of the molecule is CC.CNC1CC2(CCN(CC(C)C)CC2)C1. The van der Waals surface area contributed by atoms with Crippen molar-refractivity contribution in [3.63, 3.8) is 0 Å². The Balaban J connectivity index is 0.000000686. The van der Waals surface area contributed by atoms with Gasteiger partial charge in [-0.25, -0.2) is 0 Å². The van der Waals surface area contributed by atoms with Crippen LogP contribution in [-0.4, -0.2) is 37.6 Å². The van der Waals surface area contributed by atoms with Gasteiger partial charge in [0.05, 0.1) is 0 Å². The molecule has 1 saturated carbocycles. The fourth-order valence-corrected chi connectivity index (χ4v) is 3.32.